The van der Waals surface area contributed by atoms with Crippen LogP contribution in [0, 0.1) is 11.8 Å². The minimum atomic E-state index is -0.886. The topological polar surface area (TPSA) is 122 Å². The fourth-order valence-corrected chi connectivity index (χ4v) is 2.73. The highest BCUT2D eigenvalue weighted by atomic mass is 16.4. The number of carbonyl (C=O) groups is 3. The average Bonchev–Trinajstić information content (AvgIpc) is 2.44. The second-order valence-electron chi connectivity index (χ2n) is 5.72. The van der Waals surface area contributed by atoms with Crippen molar-refractivity contribution in [3.8, 4) is 0 Å². The molecule has 0 radical (unpaired) electrons. The predicted molar refractivity (Wildman–Crippen MR) is 77.5 cm³/mol. The van der Waals surface area contributed by atoms with E-state index in [2.05, 4.69) is 10.6 Å². The molecule has 3 amide bonds. The van der Waals surface area contributed by atoms with Crippen LogP contribution in [-0.2, 0) is 9.59 Å². The fraction of sp³-hybridized carbons (Fsp3) is 0.786. The Morgan fingerprint density at radius 1 is 1.29 bits per heavy atom. The third-order valence-corrected chi connectivity index (χ3v) is 4.20. The van der Waals surface area contributed by atoms with Crippen molar-refractivity contribution in [1.29, 1.82) is 0 Å². The molecule has 4 atom stereocenters. The Morgan fingerprint density at radius 3 is 2.43 bits per heavy atom. The highest BCUT2D eigenvalue weighted by Crippen LogP contribution is 2.25. The van der Waals surface area contributed by atoms with Crippen LogP contribution in [0.5, 0.6) is 0 Å². The van der Waals surface area contributed by atoms with Crippen molar-refractivity contribution in [2.75, 3.05) is 0 Å². The molecule has 0 aromatic rings. The van der Waals surface area contributed by atoms with Gasteiger partial charge in [-0.1, -0.05) is 33.1 Å². The van der Waals surface area contributed by atoms with Crippen molar-refractivity contribution in [3.63, 3.8) is 0 Å². The van der Waals surface area contributed by atoms with Gasteiger partial charge in [0.05, 0.1) is 5.92 Å². The van der Waals surface area contributed by atoms with E-state index in [4.69, 9.17) is 5.73 Å². The van der Waals surface area contributed by atoms with Gasteiger partial charge in [0, 0.05) is 6.04 Å². The molecule has 1 aliphatic rings. The minimum absolute atomic E-state index is 0.0793. The van der Waals surface area contributed by atoms with Gasteiger partial charge in [-0.25, -0.2) is 4.79 Å². The molecule has 5 N–H and O–H groups in total. The van der Waals surface area contributed by atoms with Gasteiger partial charge in [-0.05, 0) is 18.8 Å². The van der Waals surface area contributed by atoms with Crippen LogP contribution in [0.15, 0.2) is 0 Å². The van der Waals surface area contributed by atoms with Crippen LogP contribution in [0.2, 0.25) is 0 Å². The molecule has 0 bridgehead atoms. The molecule has 0 aromatic heterocycles. The van der Waals surface area contributed by atoms with Crippen LogP contribution in [-0.4, -0.2) is 35.1 Å². The summed E-state index contributed by atoms with van der Waals surface area (Å²) in [7, 11) is 0. The molecule has 0 spiro atoms. The summed E-state index contributed by atoms with van der Waals surface area (Å²) in [5.74, 6) is -1.89. The Balaban J connectivity index is 2.74. The minimum Gasteiger partial charge on any atom is -0.481 e. The normalized spacial score (nSPS) is 24.7. The van der Waals surface area contributed by atoms with Gasteiger partial charge in [-0.2, -0.15) is 0 Å². The van der Waals surface area contributed by atoms with Crippen LogP contribution >= 0.6 is 0 Å². The standard InChI is InChI=1S/C14H25N3O4/c1-3-8(2)11(17-14(15)21)12(18)16-10-7-5-4-6-9(10)13(19)20/h8-11H,3-7H2,1-2H3,(H,16,18)(H,19,20)(H3,15,17,21). The lowest BCUT2D eigenvalue weighted by Gasteiger charge is -2.31. The Hall–Kier alpha value is -1.79. The number of carbonyl (C=O) groups excluding carboxylic acids is 2. The predicted octanol–water partition coefficient (Wildman–Crippen LogP) is 0.829. The van der Waals surface area contributed by atoms with Crippen LogP contribution in [0.3, 0.4) is 0 Å². The second kappa shape index (κ2) is 7.85. The number of amides is 3. The van der Waals surface area contributed by atoms with Crippen molar-refractivity contribution in [1.82, 2.24) is 10.6 Å². The Morgan fingerprint density at radius 2 is 1.90 bits per heavy atom. The van der Waals surface area contributed by atoms with Crippen LogP contribution in [0.4, 0.5) is 4.79 Å². The maximum atomic E-state index is 12.3. The molecule has 120 valence electrons. The van der Waals surface area contributed by atoms with Crippen LogP contribution in [0.25, 0.3) is 0 Å². The maximum absolute atomic E-state index is 12.3. The van der Waals surface area contributed by atoms with E-state index in [1.807, 2.05) is 13.8 Å². The highest BCUT2D eigenvalue weighted by Gasteiger charge is 2.34. The van der Waals surface area contributed by atoms with E-state index >= 15 is 0 Å². The summed E-state index contributed by atoms with van der Waals surface area (Å²) in [6, 6.07) is -1.87. The number of hydrogen-bond acceptors (Lipinski definition) is 3. The lowest BCUT2D eigenvalue weighted by Crippen LogP contribution is -2.56. The monoisotopic (exact) mass is 299 g/mol. The highest BCUT2D eigenvalue weighted by molar-refractivity contribution is 5.87. The van der Waals surface area contributed by atoms with Crippen molar-refractivity contribution in [2.24, 2.45) is 17.6 Å². The first kappa shape index (κ1) is 17.3. The molecule has 0 aliphatic heterocycles. The number of nitrogens with one attached hydrogen (secondary N) is 2. The summed E-state index contributed by atoms with van der Waals surface area (Å²) in [6.45, 7) is 3.75. The zero-order chi connectivity index (χ0) is 16.0. The molecule has 1 saturated carbocycles. The molecule has 21 heavy (non-hydrogen) atoms. The number of carboxylic acids is 1. The van der Waals surface area contributed by atoms with E-state index in [-0.39, 0.29) is 17.9 Å². The van der Waals surface area contributed by atoms with Crippen molar-refractivity contribution in [2.45, 2.75) is 58.0 Å². The van der Waals surface area contributed by atoms with Gasteiger partial charge in [0.15, 0.2) is 0 Å². The molecule has 7 nitrogen and oxygen atoms in total. The third kappa shape index (κ3) is 4.91. The lowest BCUT2D eigenvalue weighted by molar-refractivity contribution is -0.144. The molecule has 0 saturated heterocycles. The Kier molecular flexibility index (Phi) is 6.45. The van der Waals surface area contributed by atoms with Gasteiger partial charge in [-0.3, -0.25) is 9.59 Å². The third-order valence-electron chi connectivity index (χ3n) is 4.20. The van der Waals surface area contributed by atoms with Crippen LogP contribution in [0.1, 0.15) is 46.0 Å². The first-order valence-electron chi connectivity index (χ1n) is 7.46. The van der Waals surface area contributed by atoms with Gasteiger partial charge in [0.25, 0.3) is 0 Å². The summed E-state index contributed by atoms with van der Waals surface area (Å²) in [4.78, 5) is 34.6. The first-order chi connectivity index (χ1) is 9.86. The van der Waals surface area contributed by atoms with E-state index in [9.17, 15) is 19.5 Å². The number of aliphatic carboxylic acids is 1. The fourth-order valence-electron chi connectivity index (χ4n) is 2.73. The van der Waals surface area contributed by atoms with Crippen molar-refractivity contribution in [3.05, 3.63) is 0 Å². The van der Waals surface area contributed by atoms with Gasteiger partial charge in [0.1, 0.15) is 6.04 Å². The number of primary amides is 1. The van der Waals surface area contributed by atoms with Gasteiger partial charge >= 0.3 is 12.0 Å². The first-order valence-corrected chi connectivity index (χ1v) is 7.46. The summed E-state index contributed by atoms with van der Waals surface area (Å²) >= 11 is 0. The van der Waals surface area contributed by atoms with E-state index in [0.29, 0.717) is 19.3 Å². The summed E-state index contributed by atoms with van der Waals surface area (Å²) in [5, 5.41) is 14.4. The quantitative estimate of drug-likeness (QED) is 0.580. The van der Waals surface area contributed by atoms with E-state index in [1.165, 1.54) is 0 Å². The van der Waals surface area contributed by atoms with Gasteiger partial charge in [0.2, 0.25) is 5.91 Å². The van der Waals surface area contributed by atoms with E-state index in [1.54, 1.807) is 0 Å². The van der Waals surface area contributed by atoms with Gasteiger partial charge < -0.3 is 21.5 Å². The van der Waals surface area contributed by atoms with Crippen molar-refractivity contribution >= 4 is 17.9 Å². The molecule has 0 heterocycles. The zero-order valence-corrected chi connectivity index (χ0v) is 12.6. The van der Waals surface area contributed by atoms with E-state index in [0.717, 1.165) is 12.8 Å². The molecular formula is C14H25N3O4. The Labute approximate surface area is 124 Å². The molecule has 1 aliphatic carbocycles. The lowest BCUT2D eigenvalue weighted by atomic mass is 9.84. The summed E-state index contributed by atoms with van der Waals surface area (Å²) in [5.41, 5.74) is 5.11. The largest absolute Gasteiger partial charge is 0.481 e. The SMILES string of the molecule is CCC(C)C(NC(N)=O)C(=O)NC1CCCCC1C(=O)O. The molecule has 0 aromatic carbocycles. The number of nitrogens with two attached hydrogens (primary N) is 1. The number of carboxylic acid groups (broad SMARTS) is 1. The smallest absolute Gasteiger partial charge is 0.312 e. The van der Waals surface area contributed by atoms with Crippen molar-refractivity contribution < 1.29 is 19.5 Å². The number of hydrogen-bond donors (Lipinski definition) is 4. The summed E-state index contributed by atoms with van der Waals surface area (Å²) < 4.78 is 0. The molecule has 1 rings (SSSR count). The van der Waals surface area contributed by atoms with Crippen LogP contribution < -0.4 is 16.4 Å². The number of urea groups is 1. The molecule has 4 unspecified atom stereocenters. The average molecular weight is 299 g/mol. The second-order valence-corrected chi connectivity index (χ2v) is 5.72. The molecular weight excluding hydrogens is 274 g/mol. The van der Waals surface area contributed by atoms with Gasteiger partial charge in [-0.15, -0.1) is 0 Å². The molecule has 7 heteroatoms. The Bertz CT molecular complexity index is 400. The summed E-state index contributed by atoms with van der Waals surface area (Å²) in [6.07, 6.45) is 3.67. The van der Waals surface area contributed by atoms with E-state index < -0.39 is 24.0 Å². The maximum Gasteiger partial charge on any atom is 0.312 e. The zero-order valence-electron chi connectivity index (χ0n) is 12.6. The molecule has 1 fully saturated rings. The number of rotatable bonds is 6.